The van der Waals surface area contributed by atoms with Crippen molar-refractivity contribution in [1.82, 2.24) is 15.5 Å². The van der Waals surface area contributed by atoms with E-state index in [9.17, 15) is 4.79 Å². The molecule has 122 valence electrons. The molecule has 1 atom stereocenters. The molecule has 2 heterocycles. The van der Waals surface area contributed by atoms with Crippen LogP contribution >= 0.6 is 0 Å². The van der Waals surface area contributed by atoms with Crippen LogP contribution in [-0.2, 0) is 0 Å². The monoisotopic (exact) mass is 323 g/mol. The fraction of sp³-hybridized carbons (Fsp3) is 0.167. The average molecular weight is 323 g/mol. The van der Waals surface area contributed by atoms with Gasteiger partial charge in [0, 0.05) is 11.6 Å². The van der Waals surface area contributed by atoms with Gasteiger partial charge in [0.1, 0.15) is 5.75 Å². The lowest BCUT2D eigenvalue weighted by molar-refractivity contribution is 0.0930. The van der Waals surface area contributed by atoms with E-state index < -0.39 is 0 Å². The van der Waals surface area contributed by atoms with E-state index in [-0.39, 0.29) is 17.6 Å². The lowest BCUT2D eigenvalue weighted by Crippen LogP contribution is -2.27. The van der Waals surface area contributed by atoms with Crippen molar-refractivity contribution in [2.24, 2.45) is 0 Å². The Labute approximate surface area is 139 Å². The van der Waals surface area contributed by atoms with Gasteiger partial charge in [-0.2, -0.15) is 0 Å². The number of nitrogens with one attached hydrogen (secondary N) is 1. The molecule has 6 nitrogen and oxygen atoms in total. The second-order valence-corrected chi connectivity index (χ2v) is 5.26. The molecule has 0 saturated heterocycles. The summed E-state index contributed by atoms with van der Waals surface area (Å²) in [5, 5.41) is 6.69. The molecule has 1 aromatic carbocycles. The Morgan fingerprint density at radius 3 is 2.67 bits per heavy atom. The normalized spacial score (nSPS) is 11.8. The number of benzene rings is 1. The summed E-state index contributed by atoms with van der Waals surface area (Å²) in [4.78, 5) is 16.6. The number of carbonyl (C=O) groups excluding carboxylic acids is 1. The smallest absolute Gasteiger partial charge is 0.274 e. The van der Waals surface area contributed by atoms with Gasteiger partial charge in [-0.25, -0.2) is 0 Å². The van der Waals surface area contributed by atoms with E-state index >= 15 is 0 Å². The third kappa shape index (κ3) is 3.43. The minimum atomic E-state index is -0.314. The Kier molecular flexibility index (Phi) is 4.56. The largest absolute Gasteiger partial charge is 0.495 e. The van der Waals surface area contributed by atoms with Crippen LogP contribution in [0.3, 0.4) is 0 Å². The van der Waals surface area contributed by atoms with Crippen molar-refractivity contribution >= 4 is 5.91 Å². The van der Waals surface area contributed by atoms with Crippen LogP contribution in [0.2, 0.25) is 0 Å². The Bertz CT molecular complexity index is 813. The van der Waals surface area contributed by atoms with Gasteiger partial charge in [-0.15, -0.1) is 0 Å². The standard InChI is InChI=1S/C18H17N3O3/c1-12(15-9-8-14(23-2)11-19-15)20-18(22)16-10-17(24-21-16)13-6-4-3-5-7-13/h3-12H,1-2H3,(H,20,22)/t12-/m1/s1. The summed E-state index contributed by atoms with van der Waals surface area (Å²) < 4.78 is 10.3. The first kappa shape index (κ1) is 15.7. The highest BCUT2D eigenvalue weighted by Gasteiger charge is 2.17. The highest BCUT2D eigenvalue weighted by atomic mass is 16.5. The van der Waals surface area contributed by atoms with Gasteiger partial charge in [0.15, 0.2) is 11.5 Å². The van der Waals surface area contributed by atoms with Gasteiger partial charge >= 0.3 is 0 Å². The molecule has 3 aromatic rings. The zero-order valence-corrected chi connectivity index (χ0v) is 13.4. The van der Waals surface area contributed by atoms with E-state index in [0.29, 0.717) is 11.5 Å². The molecule has 24 heavy (non-hydrogen) atoms. The average Bonchev–Trinajstić information content (AvgIpc) is 3.13. The molecule has 1 N–H and O–H groups in total. The number of carbonyl (C=O) groups is 1. The number of ether oxygens (including phenoxy) is 1. The number of pyridine rings is 1. The lowest BCUT2D eigenvalue weighted by atomic mass is 10.1. The first-order chi connectivity index (χ1) is 11.7. The van der Waals surface area contributed by atoms with Crippen LogP contribution in [0.4, 0.5) is 0 Å². The predicted octanol–water partition coefficient (Wildman–Crippen LogP) is 3.24. The second-order valence-electron chi connectivity index (χ2n) is 5.26. The molecule has 0 unspecified atom stereocenters. The summed E-state index contributed by atoms with van der Waals surface area (Å²) in [7, 11) is 1.58. The molecule has 0 aliphatic rings. The van der Waals surface area contributed by atoms with Gasteiger partial charge < -0.3 is 14.6 Å². The Hall–Kier alpha value is -3.15. The van der Waals surface area contributed by atoms with Gasteiger partial charge in [-0.1, -0.05) is 35.5 Å². The zero-order chi connectivity index (χ0) is 16.9. The summed E-state index contributed by atoms with van der Waals surface area (Å²) in [6, 6.07) is 14.5. The third-order valence-corrected chi connectivity index (χ3v) is 3.59. The second kappa shape index (κ2) is 6.95. The predicted molar refractivity (Wildman–Crippen MR) is 88.6 cm³/mol. The Balaban J connectivity index is 1.69. The van der Waals surface area contributed by atoms with Crippen LogP contribution in [0.15, 0.2) is 59.3 Å². The van der Waals surface area contributed by atoms with E-state index in [4.69, 9.17) is 9.26 Å². The number of amides is 1. The summed E-state index contributed by atoms with van der Waals surface area (Å²) in [5.74, 6) is 0.906. The minimum absolute atomic E-state index is 0.231. The highest BCUT2D eigenvalue weighted by Crippen LogP contribution is 2.20. The van der Waals surface area contributed by atoms with Crippen molar-refractivity contribution in [2.45, 2.75) is 13.0 Å². The van der Waals surface area contributed by atoms with Crippen LogP contribution in [0, 0.1) is 0 Å². The van der Waals surface area contributed by atoms with Crippen molar-refractivity contribution in [3.8, 4) is 17.1 Å². The number of rotatable bonds is 5. The van der Waals surface area contributed by atoms with Crippen LogP contribution in [-0.4, -0.2) is 23.2 Å². The molecule has 2 aromatic heterocycles. The molecule has 0 aliphatic carbocycles. The van der Waals surface area contributed by atoms with Crippen LogP contribution < -0.4 is 10.1 Å². The van der Waals surface area contributed by atoms with E-state index in [1.54, 1.807) is 25.4 Å². The van der Waals surface area contributed by atoms with Gasteiger partial charge in [0.2, 0.25) is 0 Å². The first-order valence-electron chi connectivity index (χ1n) is 7.50. The van der Waals surface area contributed by atoms with E-state index in [2.05, 4.69) is 15.5 Å². The van der Waals surface area contributed by atoms with Gasteiger partial charge in [0.25, 0.3) is 5.91 Å². The minimum Gasteiger partial charge on any atom is -0.495 e. The topological polar surface area (TPSA) is 77.2 Å². The third-order valence-electron chi connectivity index (χ3n) is 3.59. The molecular formula is C18H17N3O3. The fourth-order valence-electron chi connectivity index (χ4n) is 2.23. The summed E-state index contributed by atoms with van der Waals surface area (Å²) >= 11 is 0. The van der Waals surface area contributed by atoms with Crippen molar-refractivity contribution in [2.75, 3.05) is 7.11 Å². The zero-order valence-electron chi connectivity index (χ0n) is 13.4. The maximum absolute atomic E-state index is 12.3. The number of nitrogens with zero attached hydrogens (tertiary/aromatic N) is 2. The lowest BCUT2D eigenvalue weighted by Gasteiger charge is -2.12. The SMILES string of the molecule is COc1ccc([C@@H](C)NC(=O)c2cc(-c3ccccc3)on2)nc1. The van der Waals surface area contributed by atoms with E-state index in [0.717, 1.165) is 11.3 Å². The number of hydrogen-bond donors (Lipinski definition) is 1. The number of hydrogen-bond acceptors (Lipinski definition) is 5. The fourth-order valence-corrected chi connectivity index (χ4v) is 2.23. The molecule has 0 aliphatic heterocycles. The first-order valence-corrected chi connectivity index (χ1v) is 7.50. The van der Waals surface area contributed by atoms with Crippen LogP contribution in [0.25, 0.3) is 11.3 Å². The summed E-state index contributed by atoms with van der Waals surface area (Å²) in [6.07, 6.45) is 1.61. The molecular weight excluding hydrogens is 306 g/mol. The molecule has 0 fully saturated rings. The van der Waals surface area contributed by atoms with Crippen molar-refractivity contribution < 1.29 is 14.1 Å². The van der Waals surface area contributed by atoms with Gasteiger partial charge in [-0.05, 0) is 19.1 Å². The number of methoxy groups -OCH3 is 1. The van der Waals surface area contributed by atoms with E-state index in [1.807, 2.05) is 43.3 Å². The molecule has 6 heteroatoms. The van der Waals surface area contributed by atoms with Gasteiger partial charge in [-0.3, -0.25) is 9.78 Å². The van der Waals surface area contributed by atoms with Crippen molar-refractivity contribution in [3.05, 3.63) is 66.1 Å². The van der Waals surface area contributed by atoms with Crippen LogP contribution in [0.5, 0.6) is 5.75 Å². The summed E-state index contributed by atoms with van der Waals surface area (Å²) in [5.41, 5.74) is 1.83. The van der Waals surface area contributed by atoms with E-state index in [1.165, 1.54) is 0 Å². The van der Waals surface area contributed by atoms with Crippen molar-refractivity contribution in [1.29, 1.82) is 0 Å². The maximum atomic E-state index is 12.3. The quantitative estimate of drug-likeness (QED) is 0.780. The maximum Gasteiger partial charge on any atom is 0.274 e. The molecule has 0 spiro atoms. The molecule has 0 radical (unpaired) electrons. The molecule has 0 bridgehead atoms. The Morgan fingerprint density at radius 2 is 2.00 bits per heavy atom. The van der Waals surface area contributed by atoms with Gasteiger partial charge in [0.05, 0.1) is 25.0 Å². The van der Waals surface area contributed by atoms with Crippen molar-refractivity contribution in [3.63, 3.8) is 0 Å². The summed E-state index contributed by atoms with van der Waals surface area (Å²) in [6.45, 7) is 1.85. The highest BCUT2D eigenvalue weighted by molar-refractivity contribution is 5.93. The number of aromatic nitrogens is 2. The van der Waals surface area contributed by atoms with Crippen LogP contribution in [0.1, 0.15) is 29.1 Å². The Morgan fingerprint density at radius 1 is 1.21 bits per heavy atom. The molecule has 1 amide bonds. The molecule has 3 rings (SSSR count). The molecule has 0 saturated carbocycles.